The maximum absolute atomic E-state index is 12.3. The fraction of sp³-hybridized carbons (Fsp3) is 0.167. The van der Waals surface area contributed by atoms with Crippen molar-refractivity contribution in [2.45, 2.75) is 18.6 Å². The maximum Gasteiger partial charge on any atom is 0.319 e. The van der Waals surface area contributed by atoms with Gasteiger partial charge in [0, 0.05) is 12.6 Å². The van der Waals surface area contributed by atoms with Crippen molar-refractivity contribution in [3.63, 3.8) is 0 Å². The van der Waals surface area contributed by atoms with Gasteiger partial charge < -0.3 is 15.7 Å². The van der Waals surface area contributed by atoms with E-state index in [0.29, 0.717) is 17.9 Å². The molecule has 0 bridgehead atoms. The van der Waals surface area contributed by atoms with Crippen LogP contribution in [0.15, 0.2) is 61.1 Å². The van der Waals surface area contributed by atoms with E-state index in [9.17, 15) is 9.90 Å². The van der Waals surface area contributed by atoms with Crippen LogP contribution >= 0.6 is 0 Å². The molecule has 2 heterocycles. The number of nitrogens with zero attached hydrogens (tertiary/aromatic N) is 3. The molecule has 3 aromatic rings. The van der Waals surface area contributed by atoms with E-state index in [1.54, 1.807) is 23.3 Å². The second-order valence-electron chi connectivity index (χ2n) is 5.91. The van der Waals surface area contributed by atoms with Crippen molar-refractivity contribution >= 4 is 11.7 Å². The Bertz CT molecular complexity index is 893. The lowest BCUT2D eigenvalue weighted by molar-refractivity contribution is 0.144. The van der Waals surface area contributed by atoms with Crippen LogP contribution < -0.4 is 10.6 Å². The summed E-state index contributed by atoms with van der Waals surface area (Å²) in [4.78, 5) is 16.5. The van der Waals surface area contributed by atoms with Crippen molar-refractivity contribution in [3.8, 4) is 5.82 Å². The number of hydrogen-bond acceptors (Lipinski definition) is 4. The second kappa shape index (κ2) is 6.37. The molecule has 3 N–H and O–H groups in total. The van der Waals surface area contributed by atoms with Crippen molar-refractivity contribution in [1.29, 1.82) is 0 Å². The summed E-state index contributed by atoms with van der Waals surface area (Å²) in [5.41, 5.74) is 2.56. The zero-order valence-electron chi connectivity index (χ0n) is 13.3. The number of benzene rings is 1. The minimum Gasteiger partial charge on any atom is -0.390 e. The minimum absolute atomic E-state index is 0.388. The number of aromatic nitrogens is 3. The Morgan fingerprint density at radius 3 is 2.88 bits per heavy atom. The number of fused-ring (bicyclic) bond motifs is 1. The van der Waals surface area contributed by atoms with Gasteiger partial charge in [0.25, 0.3) is 0 Å². The lowest BCUT2D eigenvalue weighted by Crippen LogP contribution is -2.36. The molecule has 0 saturated heterocycles. The van der Waals surface area contributed by atoms with Gasteiger partial charge in [-0.3, -0.25) is 0 Å². The summed E-state index contributed by atoms with van der Waals surface area (Å²) in [6.07, 6.45) is 4.82. The van der Waals surface area contributed by atoms with Crippen molar-refractivity contribution in [1.82, 2.24) is 20.1 Å². The van der Waals surface area contributed by atoms with Crippen molar-refractivity contribution < 1.29 is 9.90 Å². The first-order valence-electron chi connectivity index (χ1n) is 8.00. The Labute approximate surface area is 144 Å². The third-order valence-electron chi connectivity index (χ3n) is 4.22. The summed E-state index contributed by atoms with van der Waals surface area (Å²) in [5, 5.41) is 20.0. The molecular formula is C18H17N5O2. The summed E-state index contributed by atoms with van der Waals surface area (Å²) < 4.78 is 1.58. The first-order valence-corrected chi connectivity index (χ1v) is 8.00. The first kappa shape index (κ1) is 15.3. The molecule has 1 aromatic carbocycles. The zero-order valence-corrected chi connectivity index (χ0v) is 13.3. The molecule has 4 rings (SSSR count). The number of urea groups is 1. The Morgan fingerprint density at radius 2 is 2.04 bits per heavy atom. The number of carbonyl (C=O) groups excluding carboxylic acids is 1. The lowest BCUT2D eigenvalue weighted by atomic mass is 10.1. The third-order valence-corrected chi connectivity index (χ3v) is 4.22. The highest BCUT2D eigenvalue weighted by molar-refractivity contribution is 5.89. The van der Waals surface area contributed by atoms with E-state index in [0.717, 1.165) is 11.1 Å². The zero-order chi connectivity index (χ0) is 17.2. The SMILES string of the molecule is O=C(Nc1cnn(-c2ccccn2)c1)NC1c2ccccc2CC1O. The van der Waals surface area contributed by atoms with Crippen LogP contribution in [0.25, 0.3) is 5.82 Å². The van der Waals surface area contributed by atoms with Gasteiger partial charge in [-0.05, 0) is 23.3 Å². The molecule has 2 aromatic heterocycles. The number of aliphatic hydroxyl groups excluding tert-OH is 1. The van der Waals surface area contributed by atoms with Gasteiger partial charge in [0.05, 0.1) is 30.2 Å². The molecule has 7 nitrogen and oxygen atoms in total. The molecule has 1 aliphatic rings. The van der Waals surface area contributed by atoms with Crippen molar-refractivity contribution in [3.05, 3.63) is 72.2 Å². The number of aliphatic hydroxyl groups is 1. The fourth-order valence-corrected chi connectivity index (χ4v) is 3.06. The monoisotopic (exact) mass is 335 g/mol. The highest BCUT2D eigenvalue weighted by Crippen LogP contribution is 2.31. The number of rotatable bonds is 3. The summed E-state index contributed by atoms with van der Waals surface area (Å²) in [6, 6.07) is 12.4. The largest absolute Gasteiger partial charge is 0.390 e. The Hall–Kier alpha value is -3.19. The van der Waals surface area contributed by atoms with Gasteiger partial charge in [0.15, 0.2) is 5.82 Å². The van der Waals surface area contributed by atoms with E-state index in [4.69, 9.17) is 0 Å². The first-order chi connectivity index (χ1) is 12.2. The minimum atomic E-state index is -0.626. The number of hydrogen-bond donors (Lipinski definition) is 3. The molecular weight excluding hydrogens is 318 g/mol. The summed E-state index contributed by atoms with van der Waals surface area (Å²) in [6.45, 7) is 0. The Balaban J connectivity index is 1.44. The van der Waals surface area contributed by atoms with E-state index in [-0.39, 0.29) is 6.03 Å². The molecule has 0 saturated carbocycles. The third kappa shape index (κ3) is 3.09. The molecule has 0 spiro atoms. The molecule has 1 aliphatic carbocycles. The number of carbonyl (C=O) groups is 1. The second-order valence-corrected chi connectivity index (χ2v) is 5.91. The number of nitrogens with one attached hydrogen (secondary N) is 2. The van der Waals surface area contributed by atoms with Crippen LogP contribution in [0.1, 0.15) is 17.2 Å². The normalized spacial score (nSPS) is 18.6. The van der Waals surface area contributed by atoms with Crippen LogP contribution in [-0.4, -0.2) is 32.0 Å². The van der Waals surface area contributed by atoms with Crippen LogP contribution in [0.2, 0.25) is 0 Å². The van der Waals surface area contributed by atoms with Crippen LogP contribution in [0.3, 0.4) is 0 Å². The topological polar surface area (TPSA) is 92.1 Å². The predicted octanol–water partition coefficient (Wildman–Crippen LogP) is 2.05. The molecule has 0 fully saturated rings. The molecule has 126 valence electrons. The number of pyridine rings is 1. The van der Waals surface area contributed by atoms with E-state index in [1.165, 1.54) is 0 Å². The van der Waals surface area contributed by atoms with E-state index >= 15 is 0 Å². The van der Waals surface area contributed by atoms with Gasteiger partial charge in [-0.25, -0.2) is 14.5 Å². The van der Waals surface area contributed by atoms with Crippen molar-refractivity contribution in [2.75, 3.05) is 5.32 Å². The average Bonchev–Trinajstić information content (AvgIpc) is 3.21. The molecule has 0 radical (unpaired) electrons. The smallest absolute Gasteiger partial charge is 0.319 e. The van der Waals surface area contributed by atoms with E-state index < -0.39 is 12.1 Å². The Morgan fingerprint density at radius 1 is 1.20 bits per heavy atom. The van der Waals surface area contributed by atoms with E-state index in [1.807, 2.05) is 42.5 Å². The Kier molecular flexibility index (Phi) is 3.91. The molecule has 2 unspecified atom stereocenters. The van der Waals surface area contributed by atoms with Gasteiger partial charge in [0.2, 0.25) is 0 Å². The molecule has 7 heteroatoms. The van der Waals surface area contributed by atoms with Gasteiger partial charge >= 0.3 is 6.03 Å². The number of amides is 2. The van der Waals surface area contributed by atoms with Crippen LogP contribution in [0, 0.1) is 0 Å². The standard InChI is InChI=1S/C18H17N5O2/c24-15-9-12-5-1-2-6-14(12)17(15)22-18(25)21-13-10-20-23(11-13)16-7-3-4-8-19-16/h1-8,10-11,15,17,24H,9H2,(H2,21,22,25). The highest BCUT2D eigenvalue weighted by Gasteiger charge is 2.31. The quantitative estimate of drug-likeness (QED) is 0.683. The molecule has 25 heavy (non-hydrogen) atoms. The van der Waals surface area contributed by atoms with Crippen LogP contribution in [0.4, 0.5) is 10.5 Å². The summed E-state index contributed by atoms with van der Waals surface area (Å²) in [7, 11) is 0. The summed E-state index contributed by atoms with van der Waals surface area (Å²) >= 11 is 0. The maximum atomic E-state index is 12.3. The van der Waals surface area contributed by atoms with Gasteiger partial charge in [-0.15, -0.1) is 0 Å². The highest BCUT2D eigenvalue weighted by atomic mass is 16.3. The van der Waals surface area contributed by atoms with Gasteiger partial charge in [0.1, 0.15) is 0 Å². The summed E-state index contributed by atoms with van der Waals surface area (Å²) in [5.74, 6) is 0.663. The molecule has 2 amide bonds. The van der Waals surface area contributed by atoms with Crippen LogP contribution in [0.5, 0.6) is 0 Å². The number of anilines is 1. The lowest BCUT2D eigenvalue weighted by Gasteiger charge is -2.18. The molecule has 2 atom stereocenters. The van der Waals surface area contributed by atoms with Gasteiger partial charge in [-0.1, -0.05) is 30.3 Å². The van der Waals surface area contributed by atoms with Crippen LogP contribution in [-0.2, 0) is 6.42 Å². The predicted molar refractivity (Wildman–Crippen MR) is 92.4 cm³/mol. The fourth-order valence-electron chi connectivity index (χ4n) is 3.06. The van der Waals surface area contributed by atoms with E-state index in [2.05, 4.69) is 20.7 Å². The average molecular weight is 335 g/mol. The van der Waals surface area contributed by atoms with Crippen molar-refractivity contribution in [2.24, 2.45) is 0 Å². The molecule has 0 aliphatic heterocycles. The van der Waals surface area contributed by atoms with Gasteiger partial charge in [-0.2, -0.15) is 5.10 Å².